The summed E-state index contributed by atoms with van der Waals surface area (Å²) in [7, 11) is 0.375. The molecule has 0 radical (unpaired) electrons. The van der Waals surface area contributed by atoms with Crippen molar-refractivity contribution in [1.29, 1.82) is 0 Å². The lowest BCUT2D eigenvalue weighted by atomic mass is 10.1. The van der Waals surface area contributed by atoms with Crippen LogP contribution >= 0.6 is 0 Å². The Hall–Kier alpha value is -2.38. The summed E-state index contributed by atoms with van der Waals surface area (Å²) in [4.78, 5) is 16.7. The van der Waals surface area contributed by atoms with E-state index in [0.717, 1.165) is 11.3 Å². The minimum atomic E-state index is -3.52. The van der Waals surface area contributed by atoms with Crippen molar-refractivity contribution in [3.05, 3.63) is 59.7 Å². The number of piperazine rings is 1. The summed E-state index contributed by atoms with van der Waals surface area (Å²) in [5.41, 5.74) is 2.56. The first-order valence-corrected chi connectivity index (χ1v) is 10.4. The zero-order chi connectivity index (χ0) is 19.6. The number of rotatable bonds is 4. The average molecular weight is 388 g/mol. The molecule has 0 unspecified atom stereocenters. The van der Waals surface area contributed by atoms with Gasteiger partial charge in [-0.3, -0.25) is 4.79 Å². The molecule has 0 bridgehead atoms. The molecule has 1 aliphatic rings. The van der Waals surface area contributed by atoms with Crippen LogP contribution in [0.1, 0.15) is 15.9 Å². The third-order valence-corrected chi connectivity index (χ3v) is 6.68. The predicted molar refractivity (Wildman–Crippen MR) is 107 cm³/mol. The average Bonchev–Trinajstić information content (AvgIpc) is 2.67. The quantitative estimate of drug-likeness (QED) is 0.807. The zero-order valence-electron chi connectivity index (χ0n) is 15.9. The van der Waals surface area contributed by atoms with Gasteiger partial charge in [-0.25, -0.2) is 8.42 Å². The van der Waals surface area contributed by atoms with Gasteiger partial charge in [-0.2, -0.15) is 4.31 Å². The molecule has 0 spiro atoms. The molecule has 0 saturated carbocycles. The molecule has 27 heavy (non-hydrogen) atoms. The van der Waals surface area contributed by atoms with Crippen molar-refractivity contribution < 1.29 is 13.2 Å². The molecule has 1 heterocycles. The minimum Gasteiger partial charge on any atom is -0.378 e. The Balaban J connectivity index is 1.67. The molecule has 1 fully saturated rings. The molecule has 2 aromatic carbocycles. The van der Waals surface area contributed by atoms with Crippen LogP contribution in [-0.2, 0) is 10.0 Å². The molecule has 2 aromatic rings. The van der Waals surface area contributed by atoms with E-state index in [4.69, 9.17) is 0 Å². The molecule has 1 saturated heterocycles. The van der Waals surface area contributed by atoms with Crippen LogP contribution in [0.15, 0.2) is 53.4 Å². The number of amides is 1. The van der Waals surface area contributed by atoms with E-state index in [9.17, 15) is 13.2 Å². The van der Waals surface area contributed by atoms with E-state index in [0.29, 0.717) is 36.6 Å². The SMILES string of the molecule is Cc1cccc(S(=O)(=O)N2CCN(C(=O)c3ccc(N(C)C)cc3)CC2)c1. The summed E-state index contributed by atoms with van der Waals surface area (Å²) >= 11 is 0. The number of benzene rings is 2. The van der Waals surface area contributed by atoms with Gasteiger partial charge in [0.05, 0.1) is 4.90 Å². The van der Waals surface area contributed by atoms with Gasteiger partial charge in [0, 0.05) is 51.5 Å². The van der Waals surface area contributed by atoms with Crippen LogP contribution in [0.3, 0.4) is 0 Å². The van der Waals surface area contributed by atoms with Gasteiger partial charge in [0.15, 0.2) is 0 Å². The summed E-state index contributed by atoms with van der Waals surface area (Å²) < 4.78 is 27.1. The van der Waals surface area contributed by atoms with Gasteiger partial charge < -0.3 is 9.80 Å². The predicted octanol–water partition coefficient (Wildman–Crippen LogP) is 2.21. The topological polar surface area (TPSA) is 60.9 Å². The van der Waals surface area contributed by atoms with E-state index >= 15 is 0 Å². The van der Waals surface area contributed by atoms with Gasteiger partial charge in [0.25, 0.3) is 5.91 Å². The normalized spacial score (nSPS) is 15.6. The lowest BCUT2D eigenvalue weighted by Gasteiger charge is -2.34. The second kappa shape index (κ2) is 7.70. The Morgan fingerprint density at radius 3 is 2.15 bits per heavy atom. The highest BCUT2D eigenvalue weighted by atomic mass is 32.2. The molecule has 6 nitrogen and oxygen atoms in total. The van der Waals surface area contributed by atoms with Gasteiger partial charge >= 0.3 is 0 Å². The van der Waals surface area contributed by atoms with Crippen LogP contribution in [-0.4, -0.2) is 63.8 Å². The molecule has 1 aliphatic heterocycles. The number of nitrogens with zero attached hydrogens (tertiary/aromatic N) is 3. The Kier molecular flexibility index (Phi) is 5.53. The fraction of sp³-hybridized carbons (Fsp3) is 0.350. The van der Waals surface area contributed by atoms with Gasteiger partial charge in [0.1, 0.15) is 0 Å². The second-order valence-electron chi connectivity index (χ2n) is 6.95. The Morgan fingerprint density at radius 2 is 1.59 bits per heavy atom. The lowest BCUT2D eigenvalue weighted by Crippen LogP contribution is -2.50. The molecule has 0 atom stereocenters. The smallest absolute Gasteiger partial charge is 0.253 e. The van der Waals surface area contributed by atoms with Crippen molar-refractivity contribution in [2.75, 3.05) is 45.2 Å². The van der Waals surface area contributed by atoms with Crippen LogP contribution in [0.25, 0.3) is 0 Å². The Labute approximate surface area is 161 Å². The highest BCUT2D eigenvalue weighted by Crippen LogP contribution is 2.20. The first-order valence-electron chi connectivity index (χ1n) is 8.92. The van der Waals surface area contributed by atoms with Gasteiger partial charge in [-0.05, 0) is 48.9 Å². The van der Waals surface area contributed by atoms with Crippen LogP contribution < -0.4 is 4.90 Å². The molecule has 0 aliphatic carbocycles. The van der Waals surface area contributed by atoms with E-state index < -0.39 is 10.0 Å². The third-order valence-electron chi connectivity index (χ3n) is 4.78. The fourth-order valence-corrected chi connectivity index (χ4v) is 4.67. The first-order chi connectivity index (χ1) is 12.8. The highest BCUT2D eigenvalue weighted by molar-refractivity contribution is 7.89. The number of anilines is 1. The summed E-state index contributed by atoms with van der Waals surface area (Å²) in [6.45, 7) is 3.26. The number of carbonyl (C=O) groups is 1. The minimum absolute atomic E-state index is 0.0621. The first kappa shape index (κ1) is 19.4. The van der Waals surface area contributed by atoms with E-state index in [1.54, 1.807) is 23.1 Å². The van der Waals surface area contributed by atoms with E-state index in [-0.39, 0.29) is 5.91 Å². The molecular formula is C20H25N3O3S. The largest absolute Gasteiger partial charge is 0.378 e. The molecule has 7 heteroatoms. The van der Waals surface area contributed by atoms with E-state index in [2.05, 4.69) is 0 Å². The Bertz CT molecular complexity index is 916. The number of sulfonamides is 1. The highest BCUT2D eigenvalue weighted by Gasteiger charge is 2.30. The fourth-order valence-electron chi connectivity index (χ4n) is 3.14. The van der Waals surface area contributed by atoms with Crippen LogP contribution in [0.2, 0.25) is 0 Å². The maximum absolute atomic E-state index is 12.8. The second-order valence-corrected chi connectivity index (χ2v) is 8.89. The molecule has 1 amide bonds. The summed E-state index contributed by atoms with van der Waals surface area (Å²) in [6.07, 6.45) is 0. The summed E-state index contributed by atoms with van der Waals surface area (Å²) in [6, 6.07) is 14.4. The van der Waals surface area contributed by atoms with Crippen molar-refractivity contribution in [3.63, 3.8) is 0 Å². The van der Waals surface area contributed by atoms with E-state index in [1.807, 2.05) is 56.3 Å². The number of carbonyl (C=O) groups excluding carboxylic acids is 1. The third kappa shape index (κ3) is 4.14. The summed E-state index contributed by atoms with van der Waals surface area (Å²) in [5, 5.41) is 0. The van der Waals surface area contributed by atoms with Crippen molar-refractivity contribution in [1.82, 2.24) is 9.21 Å². The van der Waals surface area contributed by atoms with Crippen molar-refractivity contribution >= 4 is 21.6 Å². The van der Waals surface area contributed by atoms with Gasteiger partial charge in [0.2, 0.25) is 10.0 Å². The number of hydrogen-bond donors (Lipinski definition) is 0. The van der Waals surface area contributed by atoms with Crippen molar-refractivity contribution in [2.24, 2.45) is 0 Å². The molecule has 144 valence electrons. The maximum Gasteiger partial charge on any atom is 0.253 e. The van der Waals surface area contributed by atoms with Crippen molar-refractivity contribution in [2.45, 2.75) is 11.8 Å². The zero-order valence-corrected chi connectivity index (χ0v) is 16.7. The van der Waals surface area contributed by atoms with Gasteiger partial charge in [-0.15, -0.1) is 0 Å². The molecule has 3 rings (SSSR count). The molecule has 0 aromatic heterocycles. The van der Waals surface area contributed by atoms with Crippen LogP contribution in [0.5, 0.6) is 0 Å². The molecular weight excluding hydrogens is 362 g/mol. The van der Waals surface area contributed by atoms with E-state index in [1.165, 1.54) is 4.31 Å². The van der Waals surface area contributed by atoms with Crippen molar-refractivity contribution in [3.8, 4) is 0 Å². The summed E-state index contributed by atoms with van der Waals surface area (Å²) in [5.74, 6) is -0.0621. The van der Waals surface area contributed by atoms with Crippen LogP contribution in [0, 0.1) is 6.92 Å². The standard InChI is InChI=1S/C20H25N3O3S/c1-16-5-4-6-19(15-16)27(25,26)23-13-11-22(12-14-23)20(24)17-7-9-18(10-8-17)21(2)3/h4-10,15H,11-14H2,1-3H3. The number of aryl methyl sites for hydroxylation is 1. The number of hydrogen-bond acceptors (Lipinski definition) is 4. The lowest BCUT2D eigenvalue weighted by molar-refractivity contribution is 0.0698. The Morgan fingerprint density at radius 1 is 0.963 bits per heavy atom. The van der Waals surface area contributed by atoms with Gasteiger partial charge in [-0.1, -0.05) is 12.1 Å². The van der Waals surface area contributed by atoms with Crippen LogP contribution in [0.4, 0.5) is 5.69 Å². The maximum atomic E-state index is 12.8. The molecule has 0 N–H and O–H groups in total. The monoisotopic (exact) mass is 387 g/mol.